The molecular weight excluding hydrogens is 142 g/mol. The maximum absolute atomic E-state index is 11.0. The van der Waals surface area contributed by atoms with Gasteiger partial charge in [-0.1, -0.05) is 20.3 Å². The van der Waals surface area contributed by atoms with Crippen molar-refractivity contribution in [1.29, 1.82) is 0 Å². The van der Waals surface area contributed by atoms with Crippen LogP contribution in [0.25, 0.3) is 0 Å². The first kappa shape index (κ1) is 10.4. The van der Waals surface area contributed by atoms with Gasteiger partial charge in [0.1, 0.15) is 6.04 Å². The highest BCUT2D eigenvalue weighted by molar-refractivity contribution is 5.75. The van der Waals surface area contributed by atoms with Crippen LogP contribution in [0.3, 0.4) is 0 Å². The molecule has 2 atom stereocenters. The molecular formula is C8H17NO2. The summed E-state index contributed by atoms with van der Waals surface area (Å²) in [5, 5.41) is 0. The molecule has 0 aliphatic carbocycles. The Hall–Kier alpha value is -0.570. The SMILES string of the molecule is CCOC(=O)C(N)[C@@H](C)CC. The minimum absolute atomic E-state index is 0.203. The summed E-state index contributed by atoms with van der Waals surface area (Å²) in [6, 6.07) is -0.458. The van der Waals surface area contributed by atoms with Gasteiger partial charge in [-0.2, -0.15) is 0 Å². The Kier molecular flexibility index (Phi) is 4.86. The molecule has 0 aromatic heterocycles. The maximum Gasteiger partial charge on any atom is 0.323 e. The monoisotopic (exact) mass is 159 g/mol. The minimum Gasteiger partial charge on any atom is -0.465 e. The smallest absolute Gasteiger partial charge is 0.323 e. The third-order valence-corrected chi connectivity index (χ3v) is 1.82. The topological polar surface area (TPSA) is 52.3 Å². The Morgan fingerprint density at radius 3 is 2.45 bits per heavy atom. The van der Waals surface area contributed by atoms with E-state index in [1.54, 1.807) is 6.92 Å². The molecule has 0 aromatic carbocycles. The Labute approximate surface area is 67.9 Å². The van der Waals surface area contributed by atoms with E-state index in [1.165, 1.54) is 0 Å². The predicted molar refractivity (Wildman–Crippen MR) is 44.1 cm³/mol. The number of nitrogens with two attached hydrogens (primary N) is 1. The van der Waals surface area contributed by atoms with Gasteiger partial charge in [-0.05, 0) is 12.8 Å². The van der Waals surface area contributed by atoms with Crippen LogP contribution in [0.2, 0.25) is 0 Å². The number of ether oxygens (including phenoxy) is 1. The van der Waals surface area contributed by atoms with Gasteiger partial charge in [-0.3, -0.25) is 4.79 Å². The summed E-state index contributed by atoms with van der Waals surface area (Å²) >= 11 is 0. The second-order valence-corrected chi connectivity index (χ2v) is 2.66. The summed E-state index contributed by atoms with van der Waals surface area (Å²) < 4.78 is 4.76. The van der Waals surface area contributed by atoms with E-state index >= 15 is 0 Å². The molecule has 0 aliphatic rings. The number of hydrogen-bond donors (Lipinski definition) is 1. The molecule has 0 saturated carbocycles. The molecule has 0 fully saturated rings. The summed E-state index contributed by atoms with van der Waals surface area (Å²) in [7, 11) is 0. The van der Waals surface area contributed by atoms with Crippen LogP contribution in [-0.2, 0) is 9.53 Å². The van der Waals surface area contributed by atoms with Gasteiger partial charge in [-0.25, -0.2) is 0 Å². The Morgan fingerprint density at radius 2 is 2.09 bits per heavy atom. The molecule has 0 heterocycles. The van der Waals surface area contributed by atoms with Crippen LogP contribution in [0.5, 0.6) is 0 Å². The van der Waals surface area contributed by atoms with Crippen LogP contribution < -0.4 is 5.73 Å². The van der Waals surface area contributed by atoms with Crippen molar-refractivity contribution >= 4 is 5.97 Å². The molecule has 66 valence electrons. The van der Waals surface area contributed by atoms with Crippen molar-refractivity contribution < 1.29 is 9.53 Å². The molecule has 2 N–H and O–H groups in total. The molecule has 0 spiro atoms. The van der Waals surface area contributed by atoms with E-state index in [4.69, 9.17) is 10.5 Å². The van der Waals surface area contributed by atoms with Crippen molar-refractivity contribution in [1.82, 2.24) is 0 Å². The maximum atomic E-state index is 11.0. The quantitative estimate of drug-likeness (QED) is 0.621. The van der Waals surface area contributed by atoms with Crippen LogP contribution in [0, 0.1) is 5.92 Å². The lowest BCUT2D eigenvalue weighted by atomic mass is 10.0. The van der Waals surface area contributed by atoms with Gasteiger partial charge < -0.3 is 10.5 Å². The lowest BCUT2D eigenvalue weighted by Gasteiger charge is -2.15. The highest BCUT2D eigenvalue weighted by Gasteiger charge is 2.19. The number of carbonyl (C=O) groups excluding carboxylic acids is 1. The van der Waals surface area contributed by atoms with E-state index in [0.29, 0.717) is 6.61 Å². The molecule has 3 heteroatoms. The first-order valence-corrected chi connectivity index (χ1v) is 4.05. The average molecular weight is 159 g/mol. The Balaban J connectivity index is 3.80. The summed E-state index contributed by atoms with van der Waals surface area (Å²) in [6.07, 6.45) is 0.903. The van der Waals surface area contributed by atoms with Gasteiger partial charge in [0.2, 0.25) is 0 Å². The predicted octanol–water partition coefficient (Wildman–Crippen LogP) is 0.923. The summed E-state index contributed by atoms with van der Waals surface area (Å²) in [5.41, 5.74) is 5.58. The Morgan fingerprint density at radius 1 is 1.55 bits per heavy atom. The zero-order chi connectivity index (χ0) is 8.85. The zero-order valence-electron chi connectivity index (χ0n) is 7.46. The third-order valence-electron chi connectivity index (χ3n) is 1.82. The molecule has 1 unspecified atom stereocenters. The summed E-state index contributed by atoms with van der Waals surface area (Å²) in [5.74, 6) is -0.0871. The van der Waals surface area contributed by atoms with Gasteiger partial charge in [-0.15, -0.1) is 0 Å². The standard InChI is InChI=1S/C8H17NO2/c1-4-6(3)7(9)8(10)11-5-2/h6-7H,4-5,9H2,1-3H3/t6-,7?/m0/s1. The summed E-state index contributed by atoms with van der Waals surface area (Å²) in [6.45, 7) is 6.13. The van der Waals surface area contributed by atoms with E-state index in [9.17, 15) is 4.79 Å². The van der Waals surface area contributed by atoms with Gasteiger partial charge >= 0.3 is 5.97 Å². The molecule has 0 aliphatic heterocycles. The molecule has 0 aromatic rings. The fourth-order valence-electron chi connectivity index (χ4n) is 0.725. The number of esters is 1. The minimum atomic E-state index is -0.458. The van der Waals surface area contributed by atoms with Gasteiger partial charge in [0.05, 0.1) is 6.61 Å². The molecule has 0 saturated heterocycles. The lowest BCUT2D eigenvalue weighted by Crippen LogP contribution is -2.37. The fraction of sp³-hybridized carbons (Fsp3) is 0.875. The van der Waals surface area contributed by atoms with E-state index in [1.807, 2.05) is 13.8 Å². The van der Waals surface area contributed by atoms with Crippen molar-refractivity contribution in [2.45, 2.75) is 33.2 Å². The first-order chi connectivity index (χ1) is 5.13. The van der Waals surface area contributed by atoms with Crippen LogP contribution in [-0.4, -0.2) is 18.6 Å². The van der Waals surface area contributed by atoms with Crippen LogP contribution in [0.4, 0.5) is 0 Å². The molecule has 0 rings (SSSR count). The molecule has 0 bridgehead atoms. The van der Waals surface area contributed by atoms with Crippen molar-refractivity contribution in [3.8, 4) is 0 Å². The fourth-order valence-corrected chi connectivity index (χ4v) is 0.725. The van der Waals surface area contributed by atoms with Crippen LogP contribution in [0.1, 0.15) is 27.2 Å². The molecule has 3 nitrogen and oxygen atoms in total. The normalized spacial score (nSPS) is 15.6. The van der Waals surface area contributed by atoms with E-state index in [-0.39, 0.29) is 11.9 Å². The van der Waals surface area contributed by atoms with Crippen molar-refractivity contribution in [3.05, 3.63) is 0 Å². The van der Waals surface area contributed by atoms with Gasteiger partial charge in [0.25, 0.3) is 0 Å². The molecule has 0 amide bonds. The van der Waals surface area contributed by atoms with E-state index in [0.717, 1.165) is 6.42 Å². The summed E-state index contributed by atoms with van der Waals surface area (Å²) in [4.78, 5) is 11.0. The third kappa shape index (κ3) is 3.37. The molecule has 0 radical (unpaired) electrons. The van der Waals surface area contributed by atoms with Crippen molar-refractivity contribution in [3.63, 3.8) is 0 Å². The number of hydrogen-bond acceptors (Lipinski definition) is 3. The number of carbonyl (C=O) groups is 1. The van der Waals surface area contributed by atoms with Crippen molar-refractivity contribution in [2.24, 2.45) is 11.7 Å². The highest BCUT2D eigenvalue weighted by atomic mass is 16.5. The highest BCUT2D eigenvalue weighted by Crippen LogP contribution is 2.06. The molecule has 11 heavy (non-hydrogen) atoms. The number of rotatable bonds is 4. The van der Waals surface area contributed by atoms with E-state index in [2.05, 4.69) is 0 Å². The van der Waals surface area contributed by atoms with Gasteiger partial charge in [0, 0.05) is 0 Å². The van der Waals surface area contributed by atoms with Crippen LogP contribution >= 0.6 is 0 Å². The lowest BCUT2D eigenvalue weighted by molar-refractivity contribution is -0.145. The van der Waals surface area contributed by atoms with E-state index < -0.39 is 6.04 Å². The average Bonchev–Trinajstić information content (AvgIpc) is 2.02. The second-order valence-electron chi connectivity index (χ2n) is 2.66. The largest absolute Gasteiger partial charge is 0.465 e. The van der Waals surface area contributed by atoms with Crippen molar-refractivity contribution in [2.75, 3.05) is 6.61 Å². The Bertz CT molecular complexity index is 125. The first-order valence-electron chi connectivity index (χ1n) is 4.05. The second kappa shape index (κ2) is 5.13. The van der Waals surface area contributed by atoms with Crippen LogP contribution in [0.15, 0.2) is 0 Å². The van der Waals surface area contributed by atoms with Gasteiger partial charge in [0.15, 0.2) is 0 Å². The zero-order valence-corrected chi connectivity index (χ0v) is 7.46.